The lowest BCUT2D eigenvalue weighted by Gasteiger charge is -2.45. The molecule has 1 saturated heterocycles. The Morgan fingerprint density at radius 3 is 2.34 bits per heavy atom. The van der Waals surface area contributed by atoms with E-state index in [4.69, 9.17) is 9.37 Å². The number of fused-ring (bicyclic) bond motifs is 4. The van der Waals surface area contributed by atoms with Crippen LogP contribution in [0.25, 0.3) is 11.0 Å². The van der Waals surface area contributed by atoms with E-state index in [9.17, 15) is 14.7 Å². The number of carboxylic acids is 1. The Morgan fingerprint density at radius 2 is 1.66 bits per heavy atom. The van der Waals surface area contributed by atoms with Crippen LogP contribution in [0.5, 0.6) is 0 Å². The van der Waals surface area contributed by atoms with E-state index < -0.39 is 17.8 Å². The number of hydrogen-bond acceptors (Lipinski definition) is 7. The Kier molecular flexibility index (Phi) is 4.61. The average Bonchev–Trinajstić information content (AvgIpc) is 3.25. The third kappa shape index (κ3) is 3.13. The van der Waals surface area contributed by atoms with Crippen LogP contribution in [-0.2, 0) is 14.3 Å². The summed E-state index contributed by atoms with van der Waals surface area (Å²) < 4.78 is 10.4. The van der Waals surface area contributed by atoms with Crippen LogP contribution in [0.3, 0.4) is 0 Å². The lowest BCUT2D eigenvalue weighted by Crippen LogP contribution is -2.49. The fourth-order valence-corrected chi connectivity index (χ4v) is 5.41. The highest BCUT2D eigenvalue weighted by Gasteiger charge is 2.50. The number of ether oxygens (including phenoxy) is 1. The van der Waals surface area contributed by atoms with Crippen molar-refractivity contribution >= 4 is 34.3 Å². The second-order valence-electron chi connectivity index (χ2n) is 8.25. The number of aliphatic carboxylic acids is 1. The van der Waals surface area contributed by atoms with Crippen molar-refractivity contribution in [3.05, 3.63) is 12.1 Å². The van der Waals surface area contributed by atoms with Crippen LogP contribution >= 0.6 is 0 Å². The maximum Gasteiger partial charge on any atom is 0.307 e. The number of rotatable bonds is 4. The van der Waals surface area contributed by atoms with E-state index in [2.05, 4.69) is 20.5 Å². The highest BCUT2D eigenvalue weighted by molar-refractivity contribution is 6.04. The highest BCUT2D eigenvalue weighted by Crippen LogP contribution is 2.49. The molecule has 1 aromatic heterocycles. The smallest absolute Gasteiger partial charge is 0.307 e. The molecular weight excluding hydrogens is 376 g/mol. The first-order valence-corrected chi connectivity index (χ1v) is 10.2. The van der Waals surface area contributed by atoms with E-state index in [0.29, 0.717) is 29.9 Å². The molecule has 2 N–H and O–H groups in total. The summed E-state index contributed by atoms with van der Waals surface area (Å²) in [5.74, 6) is -2.01. The molecule has 3 aliphatic carbocycles. The Balaban J connectivity index is 1.42. The number of amides is 1. The van der Waals surface area contributed by atoms with Gasteiger partial charge in [0.2, 0.25) is 5.91 Å². The molecule has 3 saturated carbocycles. The molecular formula is C20H24N4O5. The van der Waals surface area contributed by atoms with Crippen LogP contribution in [0.15, 0.2) is 16.8 Å². The lowest BCUT2D eigenvalue weighted by molar-refractivity contribution is -0.156. The number of carboxylic acid groups (broad SMARTS) is 1. The van der Waals surface area contributed by atoms with E-state index in [1.807, 2.05) is 6.07 Å². The zero-order valence-electron chi connectivity index (χ0n) is 16.0. The molecule has 2 atom stereocenters. The first kappa shape index (κ1) is 18.4. The van der Waals surface area contributed by atoms with Gasteiger partial charge in [-0.05, 0) is 60.0 Å². The maximum atomic E-state index is 13.1. The van der Waals surface area contributed by atoms with Gasteiger partial charge in [0.15, 0.2) is 11.0 Å². The van der Waals surface area contributed by atoms with Crippen molar-refractivity contribution in [2.24, 2.45) is 23.7 Å². The molecule has 0 unspecified atom stereocenters. The van der Waals surface area contributed by atoms with Gasteiger partial charge in [0.25, 0.3) is 0 Å². The molecule has 2 aromatic rings. The second kappa shape index (κ2) is 7.29. The highest BCUT2D eigenvalue weighted by atomic mass is 16.6. The summed E-state index contributed by atoms with van der Waals surface area (Å²) in [6, 6.07) is 3.70. The first-order chi connectivity index (χ1) is 14.1. The summed E-state index contributed by atoms with van der Waals surface area (Å²) in [6.07, 6.45) is 3.64. The maximum absolute atomic E-state index is 13.1. The summed E-state index contributed by atoms with van der Waals surface area (Å²) >= 11 is 0. The molecule has 9 nitrogen and oxygen atoms in total. The molecule has 0 radical (unpaired) electrons. The van der Waals surface area contributed by atoms with E-state index in [1.165, 1.54) is 0 Å². The predicted molar refractivity (Wildman–Crippen MR) is 104 cm³/mol. The molecule has 154 valence electrons. The fourth-order valence-electron chi connectivity index (χ4n) is 5.41. The van der Waals surface area contributed by atoms with Gasteiger partial charge in [-0.1, -0.05) is 0 Å². The Hall–Kier alpha value is -2.68. The van der Waals surface area contributed by atoms with Crippen molar-refractivity contribution in [3.8, 4) is 0 Å². The van der Waals surface area contributed by atoms with Gasteiger partial charge in [-0.15, -0.1) is 0 Å². The Labute approximate surface area is 167 Å². The topological polar surface area (TPSA) is 118 Å². The summed E-state index contributed by atoms with van der Waals surface area (Å²) in [7, 11) is 0. The van der Waals surface area contributed by atoms with Crippen molar-refractivity contribution < 1.29 is 24.1 Å². The molecule has 1 aliphatic heterocycles. The Bertz CT molecular complexity index is 930. The molecule has 2 bridgehead atoms. The molecule has 4 aliphatic rings. The molecule has 4 fully saturated rings. The molecule has 9 heteroatoms. The monoisotopic (exact) mass is 400 g/mol. The summed E-state index contributed by atoms with van der Waals surface area (Å²) in [4.78, 5) is 27.2. The van der Waals surface area contributed by atoms with Crippen LogP contribution < -0.4 is 10.2 Å². The third-order valence-electron chi connectivity index (χ3n) is 6.81. The molecule has 6 rings (SSSR count). The van der Waals surface area contributed by atoms with Crippen molar-refractivity contribution in [2.75, 3.05) is 36.5 Å². The van der Waals surface area contributed by atoms with Crippen molar-refractivity contribution in [1.82, 2.24) is 10.3 Å². The molecule has 1 amide bonds. The van der Waals surface area contributed by atoms with Crippen LogP contribution in [0.1, 0.15) is 25.7 Å². The number of hydrogen-bond donors (Lipinski definition) is 2. The van der Waals surface area contributed by atoms with E-state index in [1.54, 1.807) is 6.07 Å². The number of benzene rings is 1. The molecule has 1 aromatic carbocycles. The predicted octanol–water partition coefficient (Wildman–Crippen LogP) is 2.13. The van der Waals surface area contributed by atoms with Gasteiger partial charge in [-0.25, -0.2) is 4.63 Å². The molecule has 2 heterocycles. The number of anilines is 2. The van der Waals surface area contributed by atoms with Gasteiger partial charge >= 0.3 is 5.97 Å². The molecule has 0 spiro atoms. The average molecular weight is 400 g/mol. The van der Waals surface area contributed by atoms with Crippen molar-refractivity contribution in [3.63, 3.8) is 0 Å². The van der Waals surface area contributed by atoms with Gasteiger partial charge in [0.1, 0.15) is 0 Å². The summed E-state index contributed by atoms with van der Waals surface area (Å²) in [5, 5.41) is 20.7. The summed E-state index contributed by atoms with van der Waals surface area (Å²) in [5.41, 5.74) is 2.47. The van der Waals surface area contributed by atoms with Crippen LogP contribution in [0, 0.1) is 23.7 Å². The van der Waals surface area contributed by atoms with Crippen molar-refractivity contribution in [2.45, 2.75) is 25.7 Å². The molecule has 29 heavy (non-hydrogen) atoms. The minimum Gasteiger partial charge on any atom is -0.481 e. The van der Waals surface area contributed by atoms with Gasteiger partial charge in [0, 0.05) is 13.1 Å². The minimum absolute atomic E-state index is 0.0886. The van der Waals surface area contributed by atoms with Crippen LogP contribution in [0.2, 0.25) is 0 Å². The number of carbonyl (C=O) groups excluding carboxylic acids is 1. The van der Waals surface area contributed by atoms with Crippen LogP contribution in [-0.4, -0.2) is 53.6 Å². The first-order valence-electron chi connectivity index (χ1n) is 10.2. The van der Waals surface area contributed by atoms with Gasteiger partial charge < -0.3 is 20.1 Å². The van der Waals surface area contributed by atoms with Gasteiger partial charge in [-0.3, -0.25) is 9.59 Å². The second-order valence-corrected chi connectivity index (χ2v) is 8.25. The largest absolute Gasteiger partial charge is 0.481 e. The zero-order valence-corrected chi connectivity index (χ0v) is 16.0. The number of aromatic nitrogens is 2. The third-order valence-corrected chi connectivity index (χ3v) is 6.81. The quantitative estimate of drug-likeness (QED) is 0.801. The fraction of sp³-hybridized carbons (Fsp3) is 0.600. The number of nitrogens with one attached hydrogen (secondary N) is 1. The normalized spacial score (nSPS) is 29.2. The van der Waals surface area contributed by atoms with E-state index in [0.717, 1.165) is 44.5 Å². The van der Waals surface area contributed by atoms with Crippen molar-refractivity contribution in [1.29, 1.82) is 0 Å². The van der Waals surface area contributed by atoms with E-state index >= 15 is 0 Å². The SMILES string of the molecule is O=C(O)[C@H]1C2CCC(CC2)[C@@H]1C(=O)Nc1ccc(N2CCOCC2)c2nonc12. The number of carbonyl (C=O) groups is 2. The number of morpholine rings is 1. The zero-order chi connectivity index (χ0) is 20.0. The van der Waals surface area contributed by atoms with Crippen LogP contribution in [0.4, 0.5) is 11.4 Å². The Morgan fingerprint density at radius 1 is 1.00 bits per heavy atom. The van der Waals surface area contributed by atoms with E-state index in [-0.39, 0.29) is 17.7 Å². The standard InChI is InChI=1S/C20H24N4O5/c25-19(15-11-1-3-12(4-2-11)16(15)20(26)27)21-13-5-6-14(18-17(13)22-29-23-18)24-7-9-28-10-8-24/h5-6,11-12,15-16H,1-4,7-10H2,(H,21,25)(H,26,27)/t11?,12?,15-,16-/m0/s1. The summed E-state index contributed by atoms with van der Waals surface area (Å²) in [6.45, 7) is 2.79. The minimum atomic E-state index is -0.865. The number of nitrogens with zero attached hydrogens (tertiary/aromatic N) is 3. The van der Waals surface area contributed by atoms with Gasteiger partial charge in [-0.2, -0.15) is 0 Å². The van der Waals surface area contributed by atoms with Gasteiger partial charge in [0.05, 0.1) is 36.4 Å². The lowest BCUT2D eigenvalue weighted by atomic mass is 9.58.